The topological polar surface area (TPSA) is 89.3 Å². The van der Waals surface area contributed by atoms with Crippen molar-refractivity contribution in [1.82, 2.24) is 4.98 Å². The highest BCUT2D eigenvalue weighted by atomic mass is 35.5. The van der Waals surface area contributed by atoms with Crippen LogP contribution < -0.4 is 5.32 Å². The summed E-state index contributed by atoms with van der Waals surface area (Å²) in [6.07, 6.45) is 3.16. The first-order chi connectivity index (χ1) is 13.2. The van der Waals surface area contributed by atoms with E-state index in [4.69, 9.17) is 16.0 Å². The number of aryl methyl sites for hydroxylation is 2. The third-order valence-corrected chi connectivity index (χ3v) is 5.61. The molecule has 1 heterocycles. The highest BCUT2D eigenvalue weighted by Crippen LogP contribution is 2.28. The Morgan fingerprint density at radius 1 is 1.21 bits per heavy atom. The minimum Gasteiger partial charge on any atom is -0.441 e. The summed E-state index contributed by atoms with van der Waals surface area (Å²) in [5.41, 5.74) is 1.98. The van der Waals surface area contributed by atoms with Crippen molar-refractivity contribution >= 4 is 33.0 Å². The molecule has 6 nitrogen and oxygen atoms in total. The third-order valence-electron chi connectivity index (χ3n) is 4.17. The Morgan fingerprint density at radius 2 is 1.96 bits per heavy atom. The van der Waals surface area contributed by atoms with Crippen molar-refractivity contribution in [3.63, 3.8) is 0 Å². The molecule has 28 heavy (non-hydrogen) atoms. The molecule has 0 aliphatic rings. The molecule has 146 valence electrons. The van der Waals surface area contributed by atoms with E-state index in [9.17, 15) is 13.2 Å². The molecule has 1 N–H and O–H groups in total. The fourth-order valence-electron chi connectivity index (χ4n) is 2.61. The molecule has 0 unspecified atom stereocenters. The van der Waals surface area contributed by atoms with Gasteiger partial charge in [-0.1, -0.05) is 29.8 Å². The fourth-order valence-corrected chi connectivity index (χ4v) is 3.49. The highest BCUT2D eigenvalue weighted by molar-refractivity contribution is 7.90. The lowest BCUT2D eigenvalue weighted by atomic mass is 10.2. The fraction of sp³-hybridized carbons (Fsp3) is 0.200. The van der Waals surface area contributed by atoms with Crippen LogP contribution in [0.3, 0.4) is 0 Å². The summed E-state index contributed by atoms with van der Waals surface area (Å²) in [5, 5.41) is 3.31. The Morgan fingerprint density at radius 3 is 2.68 bits per heavy atom. The van der Waals surface area contributed by atoms with E-state index >= 15 is 0 Å². The molecule has 2 aromatic carbocycles. The second-order valence-electron chi connectivity index (χ2n) is 6.40. The molecular weight excluding hydrogens is 400 g/mol. The first-order valence-electron chi connectivity index (χ1n) is 8.54. The van der Waals surface area contributed by atoms with Gasteiger partial charge in [-0.15, -0.1) is 0 Å². The summed E-state index contributed by atoms with van der Waals surface area (Å²) < 4.78 is 29.1. The lowest BCUT2D eigenvalue weighted by Crippen LogP contribution is -2.14. The van der Waals surface area contributed by atoms with Gasteiger partial charge in [-0.25, -0.2) is 13.4 Å². The van der Waals surface area contributed by atoms with Crippen molar-refractivity contribution in [3.05, 3.63) is 65.1 Å². The first-order valence-corrected chi connectivity index (χ1v) is 10.8. The maximum absolute atomic E-state index is 12.3. The van der Waals surface area contributed by atoms with Crippen molar-refractivity contribution in [1.29, 1.82) is 0 Å². The number of benzene rings is 2. The Kier molecular flexibility index (Phi) is 5.86. The van der Waals surface area contributed by atoms with Crippen molar-refractivity contribution in [2.24, 2.45) is 0 Å². The van der Waals surface area contributed by atoms with Crippen LogP contribution in [0.4, 0.5) is 5.69 Å². The number of hydrogen-bond donors (Lipinski definition) is 1. The molecule has 3 rings (SSSR count). The maximum Gasteiger partial charge on any atom is 0.224 e. The number of carbonyl (C=O) groups excluding carboxylic acids is 1. The van der Waals surface area contributed by atoms with E-state index in [0.717, 1.165) is 17.4 Å². The van der Waals surface area contributed by atoms with E-state index in [2.05, 4.69) is 10.3 Å². The van der Waals surface area contributed by atoms with Crippen LogP contribution in [0.15, 0.2) is 58.0 Å². The number of hydrogen-bond acceptors (Lipinski definition) is 5. The maximum atomic E-state index is 12.3. The number of halogens is 1. The van der Waals surface area contributed by atoms with Gasteiger partial charge in [-0.05, 0) is 36.8 Å². The molecule has 0 saturated heterocycles. The number of aromatic nitrogens is 1. The number of oxazole rings is 1. The molecule has 0 radical (unpaired) electrons. The molecule has 0 fully saturated rings. The van der Waals surface area contributed by atoms with Gasteiger partial charge >= 0.3 is 0 Å². The van der Waals surface area contributed by atoms with Gasteiger partial charge in [-0.2, -0.15) is 0 Å². The summed E-state index contributed by atoms with van der Waals surface area (Å²) in [6, 6.07) is 11.9. The third kappa shape index (κ3) is 4.79. The first kappa shape index (κ1) is 20.1. The molecule has 0 bridgehead atoms. The van der Waals surface area contributed by atoms with Crippen LogP contribution in [0, 0.1) is 6.92 Å². The van der Waals surface area contributed by atoms with Crippen molar-refractivity contribution in [2.75, 3.05) is 11.6 Å². The lowest BCUT2D eigenvalue weighted by Gasteiger charge is -2.09. The standard InChI is InChI=1S/C20H19ClN2O4S/c1-13-7-8-14(28(2,25)26)11-17(13)23-19(24)9-10-20-22-12-18(27-20)15-5-3-4-6-16(15)21/h3-8,11-12H,9-10H2,1-2H3,(H,23,24). The molecule has 0 spiro atoms. The predicted molar refractivity (Wildman–Crippen MR) is 108 cm³/mol. The summed E-state index contributed by atoms with van der Waals surface area (Å²) in [6.45, 7) is 1.80. The van der Waals surface area contributed by atoms with Crippen LogP contribution in [-0.2, 0) is 21.1 Å². The van der Waals surface area contributed by atoms with E-state index in [0.29, 0.717) is 28.8 Å². The molecule has 3 aromatic rings. The number of sulfone groups is 1. The number of anilines is 1. The van der Waals surface area contributed by atoms with E-state index in [1.807, 2.05) is 18.2 Å². The Hall–Kier alpha value is -2.64. The van der Waals surface area contributed by atoms with Gasteiger partial charge < -0.3 is 9.73 Å². The number of carbonyl (C=O) groups is 1. The Balaban J connectivity index is 1.65. The largest absolute Gasteiger partial charge is 0.441 e. The summed E-state index contributed by atoms with van der Waals surface area (Å²) in [7, 11) is -3.35. The van der Waals surface area contributed by atoms with Crippen LogP contribution in [0.5, 0.6) is 0 Å². The van der Waals surface area contributed by atoms with Crippen molar-refractivity contribution in [2.45, 2.75) is 24.7 Å². The molecule has 0 aliphatic carbocycles. The lowest BCUT2D eigenvalue weighted by molar-refractivity contribution is -0.116. The SMILES string of the molecule is Cc1ccc(S(C)(=O)=O)cc1NC(=O)CCc1ncc(-c2ccccc2Cl)o1. The van der Waals surface area contributed by atoms with Gasteiger partial charge in [0.15, 0.2) is 21.5 Å². The van der Waals surface area contributed by atoms with Crippen LogP contribution in [0.1, 0.15) is 17.9 Å². The zero-order valence-corrected chi connectivity index (χ0v) is 17.0. The number of nitrogens with one attached hydrogen (secondary N) is 1. The van der Waals surface area contributed by atoms with Gasteiger partial charge in [0.2, 0.25) is 5.91 Å². The zero-order chi connectivity index (χ0) is 20.3. The van der Waals surface area contributed by atoms with E-state index in [1.54, 1.807) is 25.3 Å². The van der Waals surface area contributed by atoms with E-state index < -0.39 is 9.84 Å². The smallest absolute Gasteiger partial charge is 0.224 e. The summed E-state index contributed by atoms with van der Waals surface area (Å²) in [5.74, 6) is 0.704. The molecule has 0 atom stereocenters. The van der Waals surface area contributed by atoms with Crippen LogP contribution in [-0.4, -0.2) is 25.6 Å². The Labute approximate surface area is 168 Å². The molecule has 1 aromatic heterocycles. The number of amides is 1. The Bertz CT molecular complexity index is 1120. The predicted octanol–water partition coefficient (Wildman–Crippen LogP) is 4.28. The van der Waals surface area contributed by atoms with Gasteiger partial charge in [0.25, 0.3) is 0 Å². The van der Waals surface area contributed by atoms with Crippen molar-refractivity contribution < 1.29 is 17.6 Å². The summed E-state index contributed by atoms with van der Waals surface area (Å²) in [4.78, 5) is 16.6. The average molecular weight is 419 g/mol. The van der Waals surface area contributed by atoms with Crippen LogP contribution in [0.2, 0.25) is 5.02 Å². The molecular formula is C20H19ClN2O4S. The number of rotatable bonds is 6. The van der Waals surface area contributed by atoms with E-state index in [-0.39, 0.29) is 17.2 Å². The van der Waals surface area contributed by atoms with E-state index in [1.165, 1.54) is 12.1 Å². The van der Waals surface area contributed by atoms with Crippen molar-refractivity contribution in [3.8, 4) is 11.3 Å². The molecule has 1 amide bonds. The van der Waals surface area contributed by atoms with Gasteiger partial charge in [0, 0.05) is 30.3 Å². The monoisotopic (exact) mass is 418 g/mol. The second kappa shape index (κ2) is 8.16. The molecule has 8 heteroatoms. The normalized spacial score (nSPS) is 11.4. The van der Waals surface area contributed by atoms with Crippen LogP contribution >= 0.6 is 11.6 Å². The minimum absolute atomic E-state index is 0.144. The van der Waals surface area contributed by atoms with Gasteiger partial charge in [0.05, 0.1) is 16.1 Å². The van der Waals surface area contributed by atoms with Gasteiger partial charge in [0.1, 0.15) is 0 Å². The van der Waals surface area contributed by atoms with Gasteiger partial charge in [-0.3, -0.25) is 4.79 Å². The highest BCUT2D eigenvalue weighted by Gasteiger charge is 2.13. The number of nitrogens with zero attached hydrogens (tertiary/aromatic N) is 1. The molecule has 0 saturated carbocycles. The quantitative estimate of drug-likeness (QED) is 0.645. The zero-order valence-electron chi connectivity index (χ0n) is 15.4. The minimum atomic E-state index is -3.35. The average Bonchev–Trinajstić information content (AvgIpc) is 3.10. The van der Waals surface area contributed by atoms with Crippen LogP contribution in [0.25, 0.3) is 11.3 Å². The molecule has 0 aliphatic heterocycles. The summed E-state index contributed by atoms with van der Waals surface area (Å²) >= 11 is 6.15. The second-order valence-corrected chi connectivity index (χ2v) is 8.82.